The monoisotopic (exact) mass is 385 g/mol. The van der Waals surface area contributed by atoms with Crippen molar-refractivity contribution in [3.8, 4) is 0 Å². The summed E-state index contributed by atoms with van der Waals surface area (Å²) >= 11 is 1.30. The Bertz CT molecular complexity index is 806. The predicted octanol–water partition coefficient (Wildman–Crippen LogP) is 3.30. The standard InChI is InChI=1S/C20H23N3O3S/c1-3-9-26-20(25)23-14-18(27-19(24)16-7-5-4-6-8-16)11-17(23)10-15-12-21-22(2)13-15/h3-8,12-13,17-18H,1,9-11,14H2,2H3/t17-,18+/m1/s1. The minimum absolute atomic E-state index is 0.0208. The van der Waals surface area contributed by atoms with Gasteiger partial charge in [-0.1, -0.05) is 54.7 Å². The van der Waals surface area contributed by atoms with Gasteiger partial charge in [0, 0.05) is 36.6 Å². The van der Waals surface area contributed by atoms with Crippen LogP contribution in [0, 0.1) is 0 Å². The number of benzene rings is 1. The van der Waals surface area contributed by atoms with Crippen molar-refractivity contribution in [2.75, 3.05) is 13.2 Å². The smallest absolute Gasteiger partial charge is 0.410 e. The number of aromatic nitrogens is 2. The van der Waals surface area contributed by atoms with Crippen molar-refractivity contribution in [3.63, 3.8) is 0 Å². The first-order valence-electron chi connectivity index (χ1n) is 8.84. The summed E-state index contributed by atoms with van der Waals surface area (Å²) in [6.45, 7) is 4.25. The van der Waals surface area contributed by atoms with Gasteiger partial charge in [0.15, 0.2) is 0 Å². The van der Waals surface area contributed by atoms with Gasteiger partial charge in [0.05, 0.1) is 6.20 Å². The second-order valence-corrected chi connectivity index (χ2v) is 7.80. The Hall–Kier alpha value is -2.54. The number of carbonyl (C=O) groups is 2. The van der Waals surface area contributed by atoms with Crippen LogP contribution in [-0.2, 0) is 18.2 Å². The van der Waals surface area contributed by atoms with Gasteiger partial charge in [-0.15, -0.1) is 0 Å². The third-order valence-electron chi connectivity index (χ3n) is 4.45. The molecule has 0 bridgehead atoms. The zero-order valence-corrected chi connectivity index (χ0v) is 16.1. The fourth-order valence-electron chi connectivity index (χ4n) is 3.23. The summed E-state index contributed by atoms with van der Waals surface area (Å²) in [7, 11) is 1.87. The normalized spacial score (nSPS) is 19.1. The van der Waals surface area contributed by atoms with Crippen LogP contribution in [0.25, 0.3) is 0 Å². The maximum atomic E-state index is 12.5. The second-order valence-electron chi connectivity index (χ2n) is 6.53. The van der Waals surface area contributed by atoms with E-state index in [2.05, 4.69) is 11.7 Å². The lowest BCUT2D eigenvalue weighted by Crippen LogP contribution is -2.37. The first kappa shape index (κ1) is 19.2. The topological polar surface area (TPSA) is 64.4 Å². The summed E-state index contributed by atoms with van der Waals surface area (Å²) in [4.78, 5) is 26.7. The Morgan fingerprint density at radius 1 is 1.37 bits per heavy atom. The van der Waals surface area contributed by atoms with E-state index < -0.39 is 0 Å². The molecular weight excluding hydrogens is 362 g/mol. The summed E-state index contributed by atoms with van der Waals surface area (Å²) in [6.07, 6.45) is 6.37. The van der Waals surface area contributed by atoms with Crippen molar-refractivity contribution in [1.82, 2.24) is 14.7 Å². The zero-order valence-electron chi connectivity index (χ0n) is 15.3. The lowest BCUT2D eigenvalue weighted by molar-refractivity contribution is 0.107. The molecule has 0 saturated carbocycles. The van der Waals surface area contributed by atoms with Gasteiger partial charge in [0.25, 0.3) is 0 Å². The predicted molar refractivity (Wildman–Crippen MR) is 106 cm³/mol. The van der Waals surface area contributed by atoms with Gasteiger partial charge < -0.3 is 9.64 Å². The van der Waals surface area contributed by atoms with Crippen molar-refractivity contribution in [2.24, 2.45) is 7.05 Å². The number of hydrogen-bond donors (Lipinski definition) is 0. The molecule has 2 heterocycles. The molecule has 1 fully saturated rings. The minimum Gasteiger partial charge on any atom is -0.445 e. The Kier molecular flexibility index (Phi) is 6.34. The molecule has 27 heavy (non-hydrogen) atoms. The Morgan fingerprint density at radius 2 is 2.15 bits per heavy atom. The fraction of sp³-hybridized carbons (Fsp3) is 0.350. The summed E-state index contributed by atoms with van der Waals surface area (Å²) in [5, 5.41) is 4.26. The number of carbonyl (C=O) groups excluding carboxylic acids is 2. The molecule has 0 N–H and O–H groups in total. The van der Waals surface area contributed by atoms with E-state index >= 15 is 0 Å². The number of thioether (sulfide) groups is 1. The molecule has 1 aliphatic heterocycles. The van der Waals surface area contributed by atoms with Crippen LogP contribution in [0.3, 0.4) is 0 Å². The maximum absolute atomic E-state index is 12.5. The summed E-state index contributed by atoms with van der Waals surface area (Å²) in [5.41, 5.74) is 1.74. The van der Waals surface area contributed by atoms with E-state index in [9.17, 15) is 9.59 Å². The van der Waals surface area contributed by atoms with Gasteiger partial charge in [-0.2, -0.15) is 5.10 Å². The van der Waals surface area contributed by atoms with Crippen LogP contribution in [0.5, 0.6) is 0 Å². The van der Waals surface area contributed by atoms with E-state index in [1.54, 1.807) is 15.7 Å². The average Bonchev–Trinajstić information content (AvgIpc) is 3.26. The quantitative estimate of drug-likeness (QED) is 0.714. The molecule has 7 heteroatoms. The highest BCUT2D eigenvalue weighted by molar-refractivity contribution is 8.14. The highest BCUT2D eigenvalue weighted by atomic mass is 32.2. The summed E-state index contributed by atoms with van der Waals surface area (Å²) < 4.78 is 6.99. The van der Waals surface area contributed by atoms with Gasteiger partial charge in [-0.3, -0.25) is 9.48 Å². The highest BCUT2D eigenvalue weighted by Gasteiger charge is 2.37. The number of ether oxygens (including phenoxy) is 1. The zero-order chi connectivity index (χ0) is 19.2. The Morgan fingerprint density at radius 3 is 2.81 bits per heavy atom. The SMILES string of the molecule is C=CCOC(=O)N1C[C@@H](SC(=O)c2ccccc2)C[C@H]1Cc1cnn(C)c1. The maximum Gasteiger partial charge on any atom is 0.410 e. The van der Waals surface area contributed by atoms with Crippen LogP contribution >= 0.6 is 11.8 Å². The van der Waals surface area contributed by atoms with Crippen LogP contribution < -0.4 is 0 Å². The third kappa shape index (κ3) is 5.01. The van der Waals surface area contributed by atoms with Gasteiger partial charge in [-0.05, 0) is 18.4 Å². The van der Waals surface area contributed by atoms with E-state index in [0.717, 1.165) is 12.0 Å². The first-order valence-corrected chi connectivity index (χ1v) is 9.72. The van der Waals surface area contributed by atoms with Crippen LogP contribution in [0.15, 0.2) is 55.4 Å². The molecule has 0 unspecified atom stereocenters. The first-order chi connectivity index (χ1) is 13.1. The third-order valence-corrected chi connectivity index (χ3v) is 5.57. The molecule has 142 valence electrons. The molecule has 1 amide bonds. The molecule has 0 spiro atoms. The molecule has 6 nitrogen and oxygen atoms in total. The van der Waals surface area contributed by atoms with Crippen molar-refractivity contribution >= 4 is 23.0 Å². The fourth-order valence-corrected chi connectivity index (χ4v) is 4.36. The number of likely N-dealkylation sites (tertiary alicyclic amines) is 1. The van der Waals surface area contributed by atoms with E-state index in [1.165, 1.54) is 11.8 Å². The molecule has 1 aromatic heterocycles. The van der Waals surface area contributed by atoms with Gasteiger partial charge in [0.1, 0.15) is 6.61 Å². The van der Waals surface area contributed by atoms with Crippen LogP contribution in [-0.4, -0.2) is 50.3 Å². The number of aryl methyl sites for hydroxylation is 1. The Labute approximate surface area is 163 Å². The number of hydrogen-bond acceptors (Lipinski definition) is 5. The number of rotatable bonds is 6. The Balaban J connectivity index is 1.68. The van der Waals surface area contributed by atoms with E-state index in [-0.39, 0.29) is 29.1 Å². The lowest BCUT2D eigenvalue weighted by atomic mass is 10.1. The number of nitrogens with zero attached hydrogens (tertiary/aromatic N) is 3. The van der Waals surface area contributed by atoms with Crippen molar-refractivity contribution < 1.29 is 14.3 Å². The molecule has 2 atom stereocenters. The molecule has 1 saturated heterocycles. The van der Waals surface area contributed by atoms with Crippen molar-refractivity contribution in [3.05, 3.63) is 66.5 Å². The lowest BCUT2D eigenvalue weighted by Gasteiger charge is -2.23. The summed E-state index contributed by atoms with van der Waals surface area (Å²) in [5.74, 6) is 0. The van der Waals surface area contributed by atoms with Gasteiger partial charge in [0.2, 0.25) is 5.12 Å². The molecule has 2 aromatic rings. The molecule has 1 aliphatic rings. The largest absolute Gasteiger partial charge is 0.445 e. The van der Waals surface area contributed by atoms with E-state index in [0.29, 0.717) is 18.5 Å². The van der Waals surface area contributed by atoms with Crippen LogP contribution in [0.2, 0.25) is 0 Å². The van der Waals surface area contributed by atoms with Crippen molar-refractivity contribution in [1.29, 1.82) is 0 Å². The van der Waals surface area contributed by atoms with E-state index in [4.69, 9.17) is 4.74 Å². The molecule has 3 rings (SSSR count). The highest BCUT2D eigenvalue weighted by Crippen LogP contribution is 2.32. The van der Waals surface area contributed by atoms with E-state index in [1.807, 2.05) is 49.8 Å². The minimum atomic E-state index is -0.362. The average molecular weight is 385 g/mol. The van der Waals surface area contributed by atoms with Crippen molar-refractivity contribution in [2.45, 2.75) is 24.1 Å². The summed E-state index contributed by atoms with van der Waals surface area (Å²) in [6, 6.07) is 9.20. The van der Waals surface area contributed by atoms with Crippen LogP contribution in [0.4, 0.5) is 4.79 Å². The molecular formula is C20H23N3O3S. The molecule has 1 aromatic carbocycles. The number of amides is 1. The second kappa shape index (κ2) is 8.90. The molecule has 0 aliphatic carbocycles. The van der Waals surface area contributed by atoms with Gasteiger partial charge >= 0.3 is 6.09 Å². The van der Waals surface area contributed by atoms with Gasteiger partial charge in [-0.25, -0.2) is 4.79 Å². The van der Waals surface area contributed by atoms with Crippen LogP contribution in [0.1, 0.15) is 22.3 Å². The molecule has 0 radical (unpaired) electrons.